The number of aromatic nitrogens is 3. The molecule has 0 amide bonds. The van der Waals surface area contributed by atoms with Crippen LogP contribution in [-0.4, -0.2) is 50.8 Å². The van der Waals surface area contributed by atoms with E-state index in [4.69, 9.17) is 4.42 Å². The van der Waals surface area contributed by atoms with Gasteiger partial charge in [-0.1, -0.05) is 57.6 Å². The maximum Gasteiger partial charge on any atom is 0.230 e. The molecule has 0 spiro atoms. The van der Waals surface area contributed by atoms with Gasteiger partial charge in [0.25, 0.3) is 0 Å². The average molecular weight is 536 g/mol. The van der Waals surface area contributed by atoms with Gasteiger partial charge in [0.15, 0.2) is 5.76 Å². The van der Waals surface area contributed by atoms with Crippen LogP contribution in [0.1, 0.15) is 16.5 Å². The Morgan fingerprint density at radius 1 is 0.971 bits per heavy atom. The molecule has 5 aromatic rings. The Hall–Kier alpha value is -3.14. The molecule has 34 heavy (non-hydrogen) atoms. The topological polar surface area (TPSA) is 70.0 Å². The van der Waals surface area contributed by atoms with Gasteiger partial charge in [0.1, 0.15) is 0 Å². The van der Waals surface area contributed by atoms with Crippen LogP contribution in [0.25, 0.3) is 16.5 Å². The Kier molecular flexibility index (Phi) is 5.60. The van der Waals surface area contributed by atoms with Gasteiger partial charge in [-0.15, -0.1) is 5.10 Å². The Balaban J connectivity index is 1.35. The number of furan rings is 1. The fourth-order valence-electron chi connectivity index (χ4n) is 4.52. The number of anilines is 1. The molecular formula is C25H22BrN5O2S. The molecule has 2 aromatic carbocycles. The van der Waals surface area contributed by atoms with E-state index in [0.717, 1.165) is 41.1 Å². The van der Waals surface area contributed by atoms with Gasteiger partial charge in [-0.05, 0) is 42.0 Å². The van der Waals surface area contributed by atoms with Crippen molar-refractivity contribution in [2.45, 2.75) is 6.04 Å². The van der Waals surface area contributed by atoms with Crippen molar-refractivity contribution < 1.29 is 9.52 Å². The van der Waals surface area contributed by atoms with E-state index < -0.39 is 0 Å². The summed E-state index contributed by atoms with van der Waals surface area (Å²) in [5.74, 6) is 1.17. The van der Waals surface area contributed by atoms with Crippen LogP contribution in [0.2, 0.25) is 0 Å². The van der Waals surface area contributed by atoms with E-state index in [1.165, 1.54) is 21.5 Å². The first-order valence-corrected chi connectivity index (χ1v) is 12.7. The normalized spacial score (nSPS) is 15.7. The molecule has 1 atom stereocenters. The number of piperazine rings is 1. The number of nitrogens with zero attached hydrogens (tertiary/aromatic N) is 5. The van der Waals surface area contributed by atoms with Crippen LogP contribution < -0.4 is 4.90 Å². The van der Waals surface area contributed by atoms with Crippen LogP contribution >= 0.6 is 27.3 Å². The summed E-state index contributed by atoms with van der Waals surface area (Å²) in [6.45, 7) is 3.57. The minimum Gasteiger partial charge on any atom is -0.492 e. The highest BCUT2D eigenvalue weighted by molar-refractivity contribution is 9.10. The van der Waals surface area contributed by atoms with Crippen molar-refractivity contribution >= 4 is 37.9 Å². The van der Waals surface area contributed by atoms with Crippen molar-refractivity contribution in [1.29, 1.82) is 0 Å². The first kappa shape index (κ1) is 21.4. The molecular weight excluding hydrogens is 514 g/mol. The van der Waals surface area contributed by atoms with Gasteiger partial charge in [0.05, 0.1) is 17.2 Å². The number of halogens is 1. The summed E-state index contributed by atoms with van der Waals surface area (Å²) in [5, 5.41) is 15.8. The van der Waals surface area contributed by atoms with E-state index >= 15 is 0 Å². The van der Waals surface area contributed by atoms with Gasteiger partial charge < -0.3 is 14.4 Å². The van der Waals surface area contributed by atoms with Gasteiger partial charge in [-0.2, -0.15) is 9.50 Å². The van der Waals surface area contributed by atoms with Crippen molar-refractivity contribution in [1.82, 2.24) is 19.5 Å². The third-order valence-corrected chi connectivity index (χ3v) is 7.72. The van der Waals surface area contributed by atoms with E-state index in [-0.39, 0.29) is 11.9 Å². The molecule has 1 aliphatic heterocycles. The maximum absolute atomic E-state index is 11.3. The van der Waals surface area contributed by atoms with Crippen LogP contribution in [0, 0.1) is 0 Å². The number of hydrogen-bond donors (Lipinski definition) is 1. The van der Waals surface area contributed by atoms with Crippen LogP contribution in [-0.2, 0) is 0 Å². The summed E-state index contributed by atoms with van der Waals surface area (Å²) in [6, 6.07) is 22.3. The molecule has 0 aliphatic carbocycles. The minimum absolute atomic E-state index is 0.101. The second kappa shape index (κ2) is 8.90. The lowest BCUT2D eigenvalue weighted by Crippen LogP contribution is -2.47. The zero-order valence-electron chi connectivity index (χ0n) is 18.2. The summed E-state index contributed by atoms with van der Waals surface area (Å²) in [4.78, 5) is 10.9. The molecule has 4 heterocycles. The number of rotatable bonds is 5. The molecule has 1 aliphatic rings. The van der Waals surface area contributed by atoms with Crippen molar-refractivity contribution in [2.24, 2.45) is 0 Å². The highest BCUT2D eigenvalue weighted by Crippen LogP contribution is 2.41. The molecule has 1 N–H and O–H groups in total. The van der Waals surface area contributed by atoms with Crippen molar-refractivity contribution in [2.75, 3.05) is 31.1 Å². The second-order valence-electron chi connectivity index (χ2n) is 8.21. The van der Waals surface area contributed by atoms with Gasteiger partial charge in [0, 0.05) is 36.3 Å². The lowest BCUT2D eigenvalue weighted by molar-refractivity contribution is 0.211. The standard InChI is InChI=1S/C25H22BrN5O2S/c26-18-7-4-6-17(16-18)21(30-13-11-29(12-14-30)19-8-2-1-3-9-19)22-24(32)31-25(34-22)27-23(28-31)20-10-5-15-33-20/h1-10,15-16,21,32H,11-14H2. The minimum atomic E-state index is -0.101. The first-order valence-electron chi connectivity index (χ1n) is 11.1. The number of benzene rings is 2. The SMILES string of the molecule is Oc1c(C(c2cccc(Br)c2)N2CCN(c3ccccc3)CC2)sc2nc(-c3ccco3)nn12. The first-order chi connectivity index (χ1) is 16.7. The number of para-hydroxylation sites is 1. The molecule has 0 bridgehead atoms. The smallest absolute Gasteiger partial charge is 0.230 e. The number of thiazole rings is 1. The van der Waals surface area contributed by atoms with Gasteiger partial charge in [-0.3, -0.25) is 4.90 Å². The quantitative estimate of drug-likeness (QED) is 0.323. The zero-order valence-corrected chi connectivity index (χ0v) is 20.6. The molecule has 172 valence electrons. The lowest BCUT2D eigenvalue weighted by Gasteiger charge is -2.40. The third kappa shape index (κ3) is 3.89. The number of hydrogen-bond acceptors (Lipinski definition) is 7. The molecule has 1 saturated heterocycles. The maximum atomic E-state index is 11.3. The molecule has 1 fully saturated rings. The Morgan fingerprint density at radius 2 is 1.79 bits per heavy atom. The zero-order chi connectivity index (χ0) is 23.1. The summed E-state index contributed by atoms with van der Waals surface area (Å²) in [5.41, 5.74) is 2.36. The summed E-state index contributed by atoms with van der Waals surface area (Å²) >= 11 is 5.09. The molecule has 3 aromatic heterocycles. The average Bonchev–Trinajstić information content (AvgIpc) is 3.60. The van der Waals surface area contributed by atoms with Gasteiger partial charge >= 0.3 is 0 Å². The van der Waals surface area contributed by atoms with Crippen molar-refractivity contribution in [3.05, 3.63) is 87.9 Å². The predicted molar refractivity (Wildman–Crippen MR) is 136 cm³/mol. The molecule has 6 rings (SSSR count). The number of aromatic hydroxyl groups is 1. The predicted octanol–water partition coefficient (Wildman–Crippen LogP) is 5.43. The van der Waals surface area contributed by atoms with E-state index in [1.54, 1.807) is 12.3 Å². The van der Waals surface area contributed by atoms with E-state index in [2.05, 4.69) is 72.2 Å². The van der Waals surface area contributed by atoms with E-state index in [0.29, 0.717) is 16.5 Å². The van der Waals surface area contributed by atoms with Crippen LogP contribution in [0.15, 0.2) is 81.9 Å². The second-order valence-corrected chi connectivity index (χ2v) is 10.1. The number of fused-ring (bicyclic) bond motifs is 1. The highest BCUT2D eigenvalue weighted by atomic mass is 79.9. The van der Waals surface area contributed by atoms with Crippen LogP contribution in [0.3, 0.4) is 0 Å². The van der Waals surface area contributed by atoms with Crippen molar-refractivity contribution in [3.63, 3.8) is 0 Å². The molecule has 1 unspecified atom stereocenters. The van der Waals surface area contributed by atoms with Gasteiger partial charge in [-0.25, -0.2) is 0 Å². The highest BCUT2D eigenvalue weighted by Gasteiger charge is 2.32. The monoisotopic (exact) mass is 535 g/mol. The summed E-state index contributed by atoms with van der Waals surface area (Å²) in [6.07, 6.45) is 1.59. The Morgan fingerprint density at radius 3 is 2.50 bits per heavy atom. The Bertz CT molecular complexity index is 1410. The molecule has 0 radical (unpaired) electrons. The molecule has 0 saturated carbocycles. The molecule has 9 heteroatoms. The van der Waals surface area contributed by atoms with E-state index in [1.807, 2.05) is 24.3 Å². The lowest BCUT2D eigenvalue weighted by atomic mass is 10.0. The summed E-state index contributed by atoms with van der Waals surface area (Å²) < 4.78 is 7.95. The van der Waals surface area contributed by atoms with Gasteiger partial charge in [0.2, 0.25) is 16.7 Å². The fraction of sp³-hybridized carbons (Fsp3) is 0.200. The molecule has 7 nitrogen and oxygen atoms in total. The third-order valence-electron chi connectivity index (χ3n) is 6.15. The van der Waals surface area contributed by atoms with Crippen molar-refractivity contribution in [3.8, 4) is 17.5 Å². The largest absolute Gasteiger partial charge is 0.492 e. The fourth-order valence-corrected chi connectivity index (χ4v) is 6.05. The van der Waals surface area contributed by atoms with E-state index in [9.17, 15) is 5.11 Å². The van der Waals surface area contributed by atoms with Crippen LogP contribution in [0.4, 0.5) is 5.69 Å². The summed E-state index contributed by atoms with van der Waals surface area (Å²) in [7, 11) is 0. The van der Waals surface area contributed by atoms with Crippen LogP contribution in [0.5, 0.6) is 5.88 Å². The Labute approximate surface area is 209 Å².